The normalized spacial score (nSPS) is 21.0. The van der Waals surface area contributed by atoms with Gasteiger partial charge in [-0.25, -0.2) is 0 Å². The van der Waals surface area contributed by atoms with Crippen LogP contribution in [0, 0.1) is 5.41 Å². The molecule has 0 radical (unpaired) electrons. The van der Waals surface area contributed by atoms with Gasteiger partial charge < -0.3 is 15.4 Å². The highest BCUT2D eigenvalue weighted by molar-refractivity contribution is 5.83. The highest BCUT2D eigenvalue weighted by atomic mass is 16.5. The van der Waals surface area contributed by atoms with Gasteiger partial charge in [-0.15, -0.1) is 0 Å². The van der Waals surface area contributed by atoms with Gasteiger partial charge in [-0.3, -0.25) is 4.79 Å². The first kappa shape index (κ1) is 14.5. The zero-order valence-corrected chi connectivity index (χ0v) is 12.5. The fraction of sp³-hybridized carbons (Fsp3) is 0.588. The van der Waals surface area contributed by atoms with Gasteiger partial charge in [0.15, 0.2) is 0 Å². The van der Waals surface area contributed by atoms with E-state index in [0.717, 1.165) is 25.7 Å². The van der Waals surface area contributed by atoms with Gasteiger partial charge in [-0.1, -0.05) is 30.3 Å². The second-order valence-corrected chi connectivity index (χ2v) is 6.25. The molecule has 2 fully saturated rings. The van der Waals surface area contributed by atoms with E-state index in [-0.39, 0.29) is 5.91 Å². The van der Waals surface area contributed by atoms with Crippen LogP contribution in [0.2, 0.25) is 0 Å². The molecular formula is C17H24N2O2. The summed E-state index contributed by atoms with van der Waals surface area (Å²) in [6.07, 6.45) is 3.74. The fourth-order valence-corrected chi connectivity index (χ4v) is 3.11. The topological polar surface area (TPSA) is 55.6 Å². The molecule has 0 unspecified atom stereocenters. The Morgan fingerprint density at radius 3 is 2.48 bits per heavy atom. The second-order valence-electron chi connectivity index (χ2n) is 6.25. The summed E-state index contributed by atoms with van der Waals surface area (Å²) < 4.78 is 5.42. The molecule has 1 amide bonds. The SMILES string of the molecule is NCC1(C(=O)N(Cc2ccccc2)C2CC2)CCOCC1. The molecule has 4 nitrogen and oxygen atoms in total. The van der Waals surface area contributed by atoms with E-state index in [1.54, 1.807) is 0 Å². The van der Waals surface area contributed by atoms with Crippen LogP contribution in [0.5, 0.6) is 0 Å². The third-order valence-electron chi connectivity index (χ3n) is 4.74. The van der Waals surface area contributed by atoms with Crippen LogP contribution in [-0.4, -0.2) is 36.6 Å². The maximum absolute atomic E-state index is 13.1. The van der Waals surface area contributed by atoms with Crippen LogP contribution < -0.4 is 5.73 Å². The van der Waals surface area contributed by atoms with E-state index < -0.39 is 5.41 Å². The molecule has 2 N–H and O–H groups in total. The molecule has 114 valence electrons. The number of amides is 1. The summed E-state index contributed by atoms with van der Waals surface area (Å²) in [6.45, 7) is 2.42. The van der Waals surface area contributed by atoms with Gasteiger partial charge in [0.05, 0.1) is 5.41 Å². The molecule has 1 heterocycles. The van der Waals surface area contributed by atoms with Crippen molar-refractivity contribution in [1.82, 2.24) is 4.90 Å². The van der Waals surface area contributed by atoms with Crippen LogP contribution in [0.1, 0.15) is 31.2 Å². The molecule has 2 aliphatic rings. The maximum atomic E-state index is 13.1. The number of nitrogens with two attached hydrogens (primary N) is 1. The van der Waals surface area contributed by atoms with E-state index in [2.05, 4.69) is 17.0 Å². The smallest absolute Gasteiger partial charge is 0.230 e. The third kappa shape index (κ3) is 3.11. The highest BCUT2D eigenvalue weighted by Crippen LogP contribution is 2.37. The van der Waals surface area contributed by atoms with Gasteiger partial charge in [0.2, 0.25) is 5.91 Å². The Hall–Kier alpha value is -1.39. The number of nitrogens with zero attached hydrogens (tertiary/aromatic N) is 1. The molecule has 0 bridgehead atoms. The number of ether oxygens (including phenoxy) is 1. The van der Waals surface area contributed by atoms with Gasteiger partial charge >= 0.3 is 0 Å². The van der Waals surface area contributed by atoms with E-state index in [4.69, 9.17) is 10.5 Å². The Morgan fingerprint density at radius 2 is 1.90 bits per heavy atom. The molecule has 1 aliphatic carbocycles. The number of hydrogen-bond donors (Lipinski definition) is 1. The summed E-state index contributed by atoms with van der Waals surface area (Å²) >= 11 is 0. The number of rotatable bonds is 5. The van der Waals surface area contributed by atoms with Crippen LogP contribution in [0.15, 0.2) is 30.3 Å². The second kappa shape index (κ2) is 6.16. The summed E-state index contributed by atoms with van der Waals surface area (Å²) in [4.78, 5) is 15.2. The summed E-state index contributed by atoms with van der Waals surface area (Å²) in [6, 6.07) is 10.6. The Balaban J connectivity index is 1.78. The molecule has 21 heavy (non-hydrogen) atoms. The van der Waals surface area contributed by atoms with Crippen molar-refractivity contribution >= 4 is 5.91 Å². The fourth-order valence-electron chi connectivity index (χ4n) is 3.11. The van der Waals surface area contributed by atoms with Gasteiger partial charge in [0, 0.05) is 32.3 Å². The van der Waals surface area contributed by atoms with Crippen LogP contribution in [0.3, 0.4) is 0 Å². The Kier molecular flexibility index (Phi) is 4.27. The lowest BCUT2D eigenvalue weighted by Crippen LogP contribution is -2.51. The van der Waals surface area contributed by atoms with E-state index >= 15 is 0 Å². The van der Waals surface area contributed by atoms with Crippen LogP contribution in [0.25, 0.3) is 0 Å². The number of carbonyl (C=O) groups is 1. The van der Waals surface area contributed by atoms with Crippen molar-refractivity contribution in [2.45, 2.75) is 38.3 Å². The lowest BCUT2D eigenvalue weighted by molar-refractivity contribution is -0.148. The molecule has 1 saturated carbocycles. The first-order valence-electron chi connectivity index (χ1n) is 7.88. The molecule has 3 rings (SSSR count). The van der Waals surface area contributed by atoms with E-state index in [0.29, 0.717) is 32.3 Å². The van der Waals surface area contributed by atoms with Crippen molar-refractivity contribution in [3.63, 3.8) is 0 Å². The lowest BCUT2D eigenvalue weighted by Gasteiger charge is -2.39. The Morgan fingerprint density at radius 1 is 1.24 bits per heavy atom. The molecule has 0 atom stereocenters. The van der Waals surface area contributed by atoms with Crippen LogP contribution in [-0.2, 0) is 16.1 Å². The van der Waals surface area contributed by atoms with Crippen molar-refractivity contribution in [2.75, 3.05) is 19.8 Å². The molecule has 0 spiro atoms. The summed E-state index contributed by atoms with van der Waals surface area (Å²) in [5.74, 6) is 0.236. The largest absolute Gasteiger partial charge is 0.381 e. The summed E-state index contributed by atoms with van der Waals surface area (Å²) in [5.41, 5.74) is 6.77. The minimum absolute atomic E-state index is 0.236. The standard InChI is InChI=1S/C17H24N2O2/c18-13-17(8-10-21-11-9-17)16(20)19(15-6-7-15)12-14-4-2-1-3-5-14/h1-5,15H,6-13,18H2. The predicted octanol–water partition coefficient (Wildman–Crippen LogP) is 1.93. The van der Waals surface area contributed by atoms with Crippen molar-refractivity contribution < 1.29 is 9.53 Å². The van der Waals surface area contributed by atoms with Crippen LogP contribution >= 0.6 is 0 Å². The lowest BCUT2D eigenvalue weighted by atomic mass is 9.78. The maximum Gasteiger partial charge on any atom is 0.230 e. The van der Waals surface area contributed by atoms with Crippen molar-refractivity contribution in [2.24, 2.45) is 11.1 Å². The number of carbonyl (C=O) groups excluding carboxylic acids is 1. The first-order chi connectivity index (χ1) is 10.2. The van der Waals surface area contributed by atoms with Crippen molar-refractivity contribution in [3.8, 4) is 0 Å². The molecule has 0 aromatic heterocycles. The van der Waals surface area contributed by atoms with Crippen molar-refractivity contribution in [1.29, 1.82) is 0 Å². The quantitative estimate of drug-likeness (QED) is 0.901. The zero-order valence-electron chi connectivity index (χ0n) is 12.5. The minimum atomic E-state index is -0.407. The number of hydrogen-bond acceptors (Lipinski definition) is 3. The van der Waals surface area contributed by atoms with E-state index in [1.807, 2.05) is 18.2 Å². The Labute approximate surface area is 126 Å². The first-order valence-corrected chi connectivity index (χ1v) is 7.88. The van der Waals surface area contributed by atoms with Gasteiger partial charge in [0.1, 0.15) is 0 Å². The van der Waals surface area contributed by atoms with Crippen molar-refractivity contribution in [3.05, 3.63) is 35.9 Å². The summed E-state index contributed by atoms with van der Waals surface area (Å²) in [7, 11) is 0. The monoisotopic (exact) mass is 288 g/mol. The van der Waals surface area contributed by atoms with E-state index in [9.17, 15) is 4.79 Å². The molecule has 1 saturated heterocycles. The zero-order chi connectivity index (χ0) is 14.7. The highest BCUT2D eigenvalue weighted by Gasteiger charge is 2.45. The third-order valence-corrected chi connectivity index (χ3v) is 4.74. The Bertz CT molecular complexity index is 479. The molecule has 1 aromatic carbocycles. The average molecular weight is 288 g/mol. The molecule has 4 heteroatoms. The molecule has 1 aromatic rings. The number of benzene rings is 1. The summed E-state index contributed by atoms with van der Waals surface area (Å²) in [5, 5.41) is 0. The minimum Gasteiger partial charge on any atom is -0.381 e. The molecular weight excluding hydrogens is 264 g/mol. The molecule has 1 aliphatic heterocycles. The van der Waals surface area contributed by atoms with Gasteiger partial charge in [-0.05, 0) is 31.2 Å². The van der Waals surface area contributed by atoms with Crippen LogP contribution in [0.4, 0.5) is 0 Å². The van der Waals surface area contributed by atoms with E-state index in [1.165, 1.54) is 5.56 Å². The average Bonchev–Trinajstić information content (AvgIpc) is 3.38. The van der Waals surface area contributed by atoms with Gasteiger partial charge in [-0.2, -0.15) is 0 Å². The van der Waals surface area contributed by atoms with Gasteiger partial charge in [0.25, 0.3) is 0 Å². The predicted molar refractivity (Wildman–Crippen MR) is 81.6 cm³/mol.